The number of nitrogens with zero attached hydrogens (tertiary/aromatic N) is 6. The van der Waals surface area contributed by atoms with Gasteiger partial charge in [0.15, 0.2) is 11.9 Å². The molecule has 62 heavy (non-hydrogen) atoms. The van der Waals surface area contributed by atoms with Gasteiger partial charge in [-0.25, -0.2) is 9.98 Å². The molecule has 2 aromatic heterocycles. The van der Waals surface area contributed by atoms with E-state index in [9.17, 15) is 9.59 Å². The molecule has 2 atom stereocenters. The number of nitrogens with two attached hydrogens (primary N) is 2. The van der Waals surface area contributed by atoms with Gasteiger partial charge in [-0.1, -0.05) is 34.1 Å². The molecular weight excluding hydrogens is 859 g/mol. The van der Waals surface area contributed by atoms with Gasteiger partial charge in [0, 0.05) is 79.7 Å². The summed E-state index contributed by atoms with van der Waals surface area (Å²) in [6, 6.07) is 18.8. The molecule has 2 fully saturated rings. The number of ether oxygens (including phenoxy) is 4. The van der Waals surface area contributed by atoms with Crippen molar-refractivity contribution in [3.05, 3.63) is 101 Å². The number of methoxy groups -OCH3 is 2. The maximum atomic E-state index is 13.6. The van der Waals surface area contributed by atoms with Gasteiger partial charge < -0.3 is 40.5 Å². The van der Waals surface area contributed by atoms with Crippen LogP contribution in [0.25, 0.3) is 11.1 Å². The molecule has 16 nitrogen and oxygen atoms in total. The molecule has 6 N–H and O–H groups in total. The molecule has 324 valence electrons. The first kappa shape index (κ1) is 43.3. The molecule has 18 heteroatoms. The second-order valence-corrected chi connectivity index (χ2v) is 17.3. The van der Waals surface area contributed by atoms with Crippen molar-refractivity contribution in [2.75, 3.05) is 28.3 Å². The summed E-state index contributed by atoms with van der Waals surface area (Å²) in [5.74, 6) is 1.64. The van der Waals surface area contributed by atoms with Crippen molar-refractivity contribution in [2.45, 2.75) is 85.9 Å². The lowest BCUT2D eigenvalue weighted by Gasteiger charge is -2.43. The molecule has 6 heterocycles. The zero-order chi connectivity index (χ0) is 44.0. The average Bonchev–Trinajstić information content (AvgIpc) is 3.89. The first-order valence-corrected chi connectivity index (χ1v) is 21.4. The maximum Gasteiger partial charge on any atom is 0.490 e. The molecule has 0 bridgehead atoms. The lowest BCUT2D eigenvalue weighted by molar-refractivity contribution is -0.141. The van der Waals surface area contributed by atoms with Crippen molar-refractivity contribution in [3.63, 3.8) is 0 Å². The van der Waals surface area contributed by atoms with Crippen LogP contribution in [0.15, 0.2) is 99.9 Å². The van der Waals surface area contributed by atoms with Gasteiger partial charge in [-0.2, -0.15) is 0 Å². The van der Waals surface area contributed by atoms with E-state index in [0.717, 1.165) is 52.4 Å². The smallest absolute Gasteiger partial charge is 0.483 e. The number of likely N-dealkylation sites (N-methyl/N-ethyl adjacent to an activating group) is 2. The summed E-state index contributed by atoms with van der Waals surface area (Å²) in [6.07, 6.45) is 13.0. The van der Waals surface area contributed by atoms with Crippen LogP contribution in [-0.4, -0.2) is 112 Å². The molecule has 4 aromatic rings. The van der Waals surface area contributed by atoms with E-state index in [1.807, 2.05) is 54.7 Å². The van der Waals surface area contributed by atoms with Crippen LogP contribution in [0.3, 0.4) is 0 Å². The Kier molecular flexibility index (Phi) is 11.7. The number of amides is 2. The molecule has 6 aliphatic rings. The Bertz CT molecular complexity index is 2390. The van der Waals surface area contributed by atoms with Crippen LogP contribution in [0.5, 0.6) is 11.5 Å². The van der Waals surface area contributed by atoms with Gasteiger partial charge in [-0.3, -0.25) is 29.4 Å². The fraction of sp³-hybridized carbons (Fsp3) is 0.409. The van der Waals surface area contributed by atoms with Crippen LogP contribution in [0, 0.1) is 0 Å². The highest BCUT2D eigenvalue weighted by Crippen LogP contribution is 2.60. The highest BCUT2D eigenvalue weighted by atomic mass is 79.9. The van der Waals surface area contributed by atoms with E-state index in [4.69, 9.17) is 45.5 Å². The number of hydrogen-bond donors (Lipinski definition) is 4. The number of halogens is 1. The number of benzene rings is 2. The highest BCUT2D eigenvalue weighted by Gasteiger charge is 2.70. The van der Waals surface area contributed by atoms with Crippen LogP contribution in [-0.2, 0) is 30.1 Å². The van der Waals surface area contributed by atoms with Gasteiger partial charge in [0.2, 0.25) is 11.1 Å². The molecule has 4 spiro atoms. The van der Waals surface area contributed by atoms with Crippen molar-refractivity contribution < 1.29 is 38.6 Å². The lowest BCUT2D eigenvalue weighted by Crippen LogP contribution is -2.57. The fourth-order valence-electron chi connectivity index (χ4n) is 9.82. The number of aromatic nitrogens is 2. The second kappa shape index (κ2) is 16.7. The van der Waals surface area contributed by atoms with Crippen molar-refractivity contribution in [3.8, 4) is 22.6 Å². The SMILES string of the molecule is COC1CCC2(CC1)Oc1ccc(-c3cccnc3)cc1C21N=C(N)N(C)C1=O.COC1CCC2(CC1)Oc1ccc(Br)cc1C21N=C(N)N(C)C1=O.OB(O)c1cccnc1. The van der Waals surface area contributed by atoms with E-state index in [1.165, 1.54) is 16.0 Å². The summed E-state index contributed by atoms with van der Waals surface area (Å²) < 4.78 is 24.9. The van der Waals surface area contributed by atoms with Gasteiger partial charge in [0.05, 0.1) is 12.2 Å². The van der Waals surface area contributed by atoms with E-state index >= 15 is 0 Å². The Morgan fingerprint density at radius 1 is 0.710 bits per heavy atom. The standard InChI is InChI=1S/C22H24N4O3.C17H20BrN3O3.C5H6BNO2/c1-26-19(27)22(25-20(26)23)17-12-14(15-4-3-11-24-13-15)5-6-18(17)29-21(22)9-7-16(28-2)8-10-21;1-21-14(22)17(20-15(21)19)12-9-10(18)3-4-13(12)24-16(17)7-5-11(23-2)6-8-16;8-6(9)5-2-1-3-7-4-5/h3-6,11-13,16H,7-10H2,1-2H3,(H2,23,25);3-4,9,11H,5-8H2,1-2H3,(H2,19,20);1-4,8-9H. The summed E-state index contributed by atoms with van der Waals surface area (Å²) in [4.78, 5) is 47.1. The van der Waals surface area contributed by atoms with Crippen molar-refractivity contribution in [1.82, 2.24) is 19.8 Å². The topological polar surface area (TPSA) is 221 Å². The van der Waals surface area contributed by atoms with Crippen LogP contribution in [0.2, 0.25) is 0 Å². The molecule has 2 amide bonds. The third kappa shape index (κ3) is 6.92. The van der Waals surface area contributed by atoms with Crippen molar-refractivity contribution >= 4 is 52.2 Å². The molecule has 2 aliphatic carbocycles. The number of carbonyl (C=O) groups is 2. The third-order valence-electron chi connectivity index (χ3n) is 13.2. The van der Waals surface area contributed by atoms with Crippen LogP contribution >= 0.6 is 15.9 Å². The summed E-state index contributed by atoms with van der Waals surface area (Å²) >= 11 is 3.50. The first-order valence-electron chi connectivity index (χ1n) is 20.6. The van der Waals surface area contributed by atoms with Crippen LogP contribution in [0.1, 0.15) is 62.5 Å². The van der Waals surface area contributed by atoms with Gasteiger partial charge >= 0.3 is 7.12 Å². The Morgan fingerprint density at radius 2 is 1.19 bits per heavy atom. The number of aliphatic imine (C=N–C) groups is 2. The Labute approximate surface area is 368 Å². The number of pyridine rings is 2. The number of rotatable bonds is 4. The molecule has 2 saturated carbocycles. The van der Waals surface area contributed by atoms with E-state index < -0.39 is 29.4 Å². The van der Waals surface area contributed by atoms with Crippen molar-refractivity contribution in [2.24, 2.45) is 21.5 Å². The third-order valence-corrected chi connectivity index (χ3v) is 13.7. The van der Waals surface area contributed by atoms with E-state index in [2.05, 4.69) is 30.9 Å². The second-order valence-electron chi connectivity index (χ2n) is 16.4. The first-order chi connectivity index (χ1) is 29.7. The molecule has 2 aromatic carbocycles. The van der Waals surface area contributed by atoms with Crippen LogP contribution in [0.4, 0.5) is 0 Å². The van der Waals surface area contributed by atoms with Crippen LogP contribution < -0.4 is 26.4 Å². The number of hydrogen-bond acceptors (Lipinski definition) is 14. The van der Waals surface area contributed by atoms with Gasteiger partial charge in [0.1, 0.15) is 22.7 Å². The number of fused-ring (bicyclic) bond motifs is 6. The predicted octanol–water partition coefficient (Wildman–Crippen LogP) is 3.36. The van der Waals surface area contributed by atoms with Gasteiger partial charge in [-0.05, 0) is 99.4 Å². The zero-order valence-corrected chi connectivity index (χ0v) is 36.6. The minimum atomic E-state index is -1.40. The lowest BCUT2D eigenvalue weighted by atomic mass is 9.68. The average molecular weight is 910 g/mol. The molecule has 10 rings (SSSR count). The number of guanidine groups is 2. The molecule has 2 unspecified atom stereocenters. The number of carbonyl (C=O) groups excluding carboxylic acids is 2. The van der Waals surface area contributed by atoms with E-state index in [-0.39, 0.29) is 35.9 Å². The minimum absolute atomic E-state index is 0.118. The largest absolute Gasteiger partial charge is 0.490 e. The van der Waals surface area contributed by atoms with E-state index in [1.54, 1.807) is 52.8 Å². The molecular formula is C44H50BBrN8O8. The normalized spacial score (nSPS) is 29.0. The predicted molar refractivity (Wildman–Crippen MR) is 235 cm³/mol. The van der Waals surface area contributed by atoms with Gasteiger partial charge in [-0.15, -0.1) is 0 Å². The Hall–Kier alpha value is -5.40. The van der Waals surface area contributed by atoms with Gasteiger partial charge in [0.25, 0.3) is 11.8 Å². The maximum absolute atomic E-state index is 13.6. The molecule has 0 radical (unpaired) electrons. The molecule has 0 saturated heterocycles. The molecule has 4 aliphatic heterocycles. The monoisotopic (exact) mass is 908 g/mol. The highest BCUT2D eigenvalue weighted by molar-refractivity contribution is 9.10. The summed E-state index contributed by atoms with van der Waals surface area (Å²) in [5, 5.41) is 17.1. The quantitative estimate of drug-likeness (QED) is 0.217. The van der Waals surface area contributed by atoms with Crippen molar-refractivity contribution in [1.29, 1.82) is 0 Å². The zero-order valence-electron chi connectivity index (χ0n) is 35.0. The summed E-state index contributed by atoms with van der Waals surface area (Å²) in [7, 11) is 5.39. The summed E-state index contributed by atoms with van der Waals surface area (Å²) in [6.45, 7) is 0. The fourth-order valence-corrected chi connectivity index (χ4v) is 10.2. The Balaban J connectivity index is 0.000000144. The Morgan fingerprint density at radius 3 is 1.60 bits per heavy atom. The summed E-state index contributed by atoms with van der Waals surface area (Å²) in [5.41, 5.74) is 12.4. The minimum Gasteiger partial charge on any atom is -0.483 e. The van der Waals surface area contributed by atoms with E-state index in [0.29, 0.717) is 42.6 Å².